The molecule has 1 aliphatic heterocycles. The van der Waals surface area contributed by atoms with E-state index in [1.807, 2.05) is 37.3 Å². The molecule has 0 unspecified atom stereocenters. The highest BCUT2D eigenvalue weighted by Gasteiger charge is 2.27. The molecule has 1 aromatic heterocycles. The summed E-state index contributed by atoms with van der Waals surface area (Å²) in [6, 6.07) is 10.1. The monoisotopic (exact) mass is 329 g/mol. The van der Waals surface area contributed by atoms with Crippen LogP contribution in [0.2, 0.25) is 0 Å². The van der Waals surface area contributed by atoms with Crippen molar-refractivity contribution >= 4 is 5.97 Å². The average molecular weight is 329 g/mol. The summed E-state index contributed by atoms with van der Waals surface area (Å²) in [5, 5.41) is 4.06. The van der Waals surface area contributed by atoms with Crippen LogP contribution in [-0.4, -0.2) is 40.7 Å². The third-order valence-corrected chi connectivity index (χ3v) is 4.20. The van der Waals surface area contributed by atoms with Gasteiger partial charge in [0.05, 0.1) is 19.1 Å². The zero-order chi connectivity index (χ0) is 16.8. The Morgan fingerprint density at radius 3 is 3.00 bits per heavy atom. The van der Waals surface area contributed by atoms with Gasteiger partial charge in [0.2, 0.25) is 5.89 Å². The minimum Gasteiger partial charge on any atom is -0.466 e. The Balaban J connectivity index is 1.55. The zero-order valence-electron chi connectivity index (χ0n) is 14.0. The first kappa shape index (κ1) is 16.6. The highest BCUT2D eigenvalue weighted by atomic mass is 16.5. The SMILES string of the molecule is CCOC(=O)[C@H]1CCCN(Cc2nc(Cc3ccccc3)no2)C1. The van der Waals surface area contributed by atoms with Crippen LogP contribution in [0.1, 0.15) is 37.0 Å². The molecule has 1 aromatic carbocycles. The summed E-state index contributed by atoms with van der Waals surface area (Å²) in [6.45, 7) is 4.48. The molecular formula is C18H23N3O3. The highest BCUT2D eigenvalue weighted by Crippen LogP contribution is 2.19. The molecule has 24 heavy (non-hydrogen) atoms. The Morgan fingerprint density at radius 1 is 1.38 bits per heavy atom. The fourth-order valence-electron chi connectivity index (χ4n) is 3.05. The van der Waals surface area contributed by atoms with Crippen LogP contribution in [0.15, 0.2) is 34.9 Å². The third-order valence-electron chi connectivity index (χ3n) is 4.20. The summed E-state index contributed by atoms with van der Waals surface area (Å²) in [4.78, 5) is 18.6. The number of benzene rings is 1. The lowest BCUT2D eigenvalue weighted by atomic mass is 9.98. The fourth-order valence-corrected chi connectivity index (χ4v) is 3.05. The van der Waals surface area contributed by atoms with Crippen LogP contribution in [0.3, 0.4) is 0 Å². The minimum atomic E-state index is -0.0995. The van der Waals surface area contributed by atoms with Crippen LogP contribution in [-0.2, 0) is 22.5 Å². The second kappa shape index (κ2) is 8.06. The molecule has 0 spiro atoms. The van der Waals surface area contributed by atoms with Crippen LogP contribution in [0.5, 0.6) is 0 Å². The molecule has 1 fully saturated rings. The standard InChI is InChI=1S/C18H23N3O3/c1-2-23-18(22)15-9-6-10-21(12-15)13-17-19-16(20-24-17)11-14-7-4-3-5-8-14/h3-5,7-8,15H,2,6,9-13H2,1H3/t15-/m0/s1. The average Bonchev–Trinajstić information content (AvgIpc) is 3.03. The number of carbonyl (C=O) groups excluding carboxylic acids is 1. The maximum Gasteiger partial charge on any atom is 0.310 e. The summed E-state index contributed by atoms with van der Waals surface area (Å²) in [6.07, 6.45) is 2.53. The molecule has 6 heteroatoms. The Bertz CT molecular complexity index is 657. The number of esters is 1. The van der Waals surface area contributed by atoms with E-state index in [-0.39, 0.29) is 11.9 Å². The Kier molecular flexibility index (Phi) is 5.59. The van der Waals surface area contributed by atoms with E-state index in [2.05, 4.69) is 15.0 Å². The maximum absolute atomic E-state index is 11.9. The van der Waals surface area contributed by atoms with E-state index in [9.17, 15) is 4.79 Å². The molecule has 2 heterocycles. The predicted octanol–water partition coefficient (Wildman–Crippen LogP) is 2.44. The number of hydrogen-bond acceptors (Lipinski definition) is 6. The van der Waals surface area contributed by atoms with Crippen LogP contribution in [0.25, 0.3) is 0 Å². The van der Waals surface area contributed by atoms with Gasteiger partial charge >= 0.3 is 5.97 Å². The molecular weight excluding hydrogens is 306 g/mol. The van der Waals surface area contributed by atoms with Crippen molar-refractivity contribution in [3.63, 3.8) is 0 Å². The van der Waals surface area contributed by atoms with Gasteiger partial charge in [-0.25, -0.2) is 0 Å². The molecule has 0 radical (unpaired) electrons. The number of aromatic nitrogens is 2. The van der Waals surface area contributed by atoms with Gasteiger partial charge in [0, 0.05) is 13.0 Å². The molecule has 3 rings (SSSR count). The lowest BCUT2D eigenvalue weighted by Crippen LogP contribution is -2.39. The van der Waals surface area contributed by atoms with E-state index in [1.54, 1.807) is 0 Å². The van der Waals surface area contributed by atoms with Crippen molar-refractivity contribution in [2.45, 2.75) is 32.7 Å². The summed E-state index contributed by atoms with van der Waals surface area (Å²) in [5.74, 6) is 1.14. The second-order valence-electron chi connectivity index (χ2n) is 6.09. The quantitative estimate of drug-likeness (QED) is 0.758. The van der Waals surface area contributed by atoms with E-state index >= 15 is 0 Å². The van der Waals surface area contributed by atoms with E-state index in [0.717, 1.165) is 24.9 Å². The number of carbonyl (C=O) groups is 1. The van der Waals surface area contributed by atoms with Crippen molar-refractivity contribution < 1.29 is 14.1 Å². The van der Waals surface area contributed by atoms with Gasteiger partial charge in [0.1, 0.15) is 0 Å². The Morgan fingerprint density at radius 2 is 2.21 bits per heavy atom. The maximum atomic E-state index is 11.9. The summed E-state index contributed by atoms with van der Waals surface area (Å²) in [5.41, 5.74) is 1.16. The molecule has 1 atom stereocenters. The number of nitrogens with zero attached hydrogens (tertiary/aromatic N) is 3. The van der Waals surface area contributed by atoms with E-state index in [4.69, 9.17) is 9.26 Å². The first-order chi connectivity index (χ1) is 11.7. The van der Waals surface area contributed by atoms with Gasteiger partial charge in [-0.15, -0.1) is 0 Å². The molecule has 0 saturated carbocycles. The minimum absolute atomic E-state index is 0.0505. The summed E-state index contributed by atoms with van der Waals surface area (Å²) >= 11 is 0. The van der Waals surface area contributed by atoms with Crippen LogP contribution in [0.4, 0.5) is 0 Å². The van der Waals surface area contributed by atoms with Gasteiger partial charge in [-0.2, -0.15) is 4.98 Å². The number of rotatable bonds is 6. The lowest BCUT2D eigenvalue weighted by molar-refractivity contribution is -0.150. The van der Waals surface area contributed by atoms with Crippen molar-refractivity contribution in [3.05, 3.63) is 47.6 Å². The predicted molar refractivity (Wildman–Crippen MR) is 88.2 cm³/mol. The number of hydrogen-bond donors (Lipinski definition) is 0. The molecule has 6 nitrogen and oxygen atoms in total. The topological polar surface area (TPSA) is 68.5 Å². The van der Waals surface area contributed by atoms with Crippen LogP contribution < -0.4 is 0 Å². The van der Waals surface area contributed by atoms with Crippen LogP contribution in [0, 0.1) is 5.92 Å². The van der Waals surface area contributed by atoms with E-state index in [1.165, 1.54) is 0 Å². The Labute approximate surface area is 141 Å². The number of ether oxygens (including phenoxy) is 1. The van der Waals surface area contributed by atoms with E-state index in [0.29, 0.717) is 37.8 Å². The van der Waals surface area contributed by atoms with Gasteiger partial charge < -0.3 is 9.26 Å². The molecule has 0 aliphatic carbocycles. The lowest BCUT2D eigenvalue weighted by Gasteiger charge is -2.30. The molecule has 1 saturated heterocycles. The molecule has 0 N–H and O–H groups in total. The van der Waals surface area contributed by atoms with Gasteiger partial charge in [-0.05, 0) is 31.9 Å². The van der Waals surface area contributed by atoms with Gasteiger partial charge in [-0.3, -0.25) is 9.69 Å². The normalized spacial score (nSPS) is 18.5. The first-order valence-corrected chi connectivity index (χ1v) is 8.49. The Hall–Kier alpha value is -2.21. The van der Waals surface area contributed by atoms with Gasteiger partial charge in [0.25, 0.3) is 0 Å². The second-order valence-corrected chi connectivity index (χ2v) is 6.09. The third kappa shape index (κ3) is 4.41. The van der Waals surface area contributed by atoms with E-state index < -0.39 is 0 Å². The zero-order valence-corrected chi connectivity index (χ0v) is 14.0. The van der Waals surface area contributed by atoms with Crippen molar-refractivity contribution in [2.75, 3.05) is 19.7 Å². The largest absolute Gasteiger partial charge is 0.466 e. The number of likely N-dealkylation sites (tertiary alicyclic amines) is 1. The van der Waals surface area contributed by atoms with Crippen LogP contribution >= 0.6 is 0 Å². The number of piperidine rings is 1. The van der Waals surface area contributed by atoms with Gasteiger partial charge in [0.15, 0.2) is 5.82 Å². The molecule has 0 bridgehead atoms. The van der Waals surface area contributed by atoms with Crippen molar-refractivity contribution in [2.24, 2.45) is 5.92 Å². The first-order valence-electron chi connectivity index (χ1n) is 8.49. The van der Waals surface area contributed by atoms with Crippen molar-refractivity contribution in [3.8, 4) is 0 Å². The highest BCUT2D eigenvalue weighted by molar-refractivity contribution is 5.72. The summed E-state index contributed by atoms with van der Waals surface area (Å²) in [7, 11) is 0. The molecule has 128 valence electrons. The van der Waals surface area contributed by atoms with Gasteiger partial charge in [-0.1, -0.05) is 35.5 Å². The summed E-state index contributed by atoms with van der Waals surface area (Å²) < 4.78 is 10.5. The smallest absolute Gasteiger partial charge is 0.310 e. The van der Waals surface area contributed by atoms with Crippen molar-refractivity contribution in [1.82, 2.24) is 15.0 Å². The molecule has 0 amide bonds. The van der Waals surface area contributed by atoms with Crippen molar-refractivity contribution in [1.29, 1.82) is 0 Å². The molecule has 2 aromatic rings. The fraction of sp³-hybridized carbons (Fsp3) is 0.500. The molecule has 1 aliphatic rings.